The van der Waals surface area contributed by atoms with Gasteiger partial charge in [0.25, 0.3) is 0 Å². The Morgan fingerprint density at radius 3 is 1.97 bits per heavy atom. The first kappa shape index (κ1) is 30.8. The summed E-state index contributed by atoms with van der Waals surface area (Å²) < 4.78 is 4.70. The van der Waals surface area contributed by atoms with Crippen molar-refractivity contribution in [3.63, 3.8) is 0 Å². The van der Waals surface area contributed by atoms with Gasteiger partial charge in [-0.3, -0.25) is 9.59 Å². The highest BCUT2D eigenvalue weighted by atomic mass is 32.1. The fourth-order valence-electron chi connectivity index (χ4n) is 2.00. The molecule has 0 amide bonds. The Morgan fingerprint density at radius 1 is 1.20 bits per heavy atom. The third kappa shape index (κ3) is 18.6. The minimum atomic E-state index is -0.855. The Balaban J connectivity index is 0. The van der Waals surface area contributed by atoms with Crippen LogP contribution in [0.1, 0.15) is 63.2 Å². The van der Waals surface area contributed by atoms with E-state index < -0.39 is 11.9 Å². The molecule has 1 fully saturated rings. The van der Waals surface area contributed by atoms with Gasteiger partial charge in [0.15, 0.2) is 5.12 Å². The maximum absolute atomic E-state index is 10.1. The second-order valence-electron chi connectivity index (χ2n) is 7.16. The summed E-state index contributed by atoms with van der Waals surface area (Å²) >= 11 is 4.94. The number of carbonyl (C=O) groups is 3. The number of hydrogen-bond acceptors (Lipinski definition) is 6. The van der Waals surface area contributed by atoms with Gasteiger partial charge in [0.05, 0.1) is 11.5 Å². The van der Waals surface area contributed by atoms with E-state index in [1.807, 2.05) is 13.8 Å². The van der Waals surface area contributed by atoms with E-state index in [1.165, 1.54) is 37.0 Å². The molecule has 0 saturated heterocycles. The van der Waals surface area contributed by atoms with Gasteiger partial charge in [-0.25, -0.2) is 4.79 Å². The van der Waals surface area contributed by atoms with E-state index in [-0.39, 0.29) is 17.0 Å². The first-order valence-corrected chi connectivity index (χ1v) is 11.3. The number of aliphatic carboxylic acids is 1. The van der Waals surface area contributed by atoms with Crippen LogP contribution in [0, 0.1) is 17.8 Å². The zero-order valence-corrected chi connectivity index (χ0v) is 20.0. The summed E-state index contributed by atoms with van der Waals surface area (Å²) in [4.78, 5) is 30.2. The van der Waals surface area contributed by atoms with Crippen LogP contribution in [0.25, 0.3) is 0 Å². The number of thiol groups is 1. The van der Waals surface area contributed by atoms with Crippen LogP contribution in [0.5, 0.6) is 0 Å². The Morgan fingerprint density at radius 2 is 1.73 bits per heavy atom. The fourth-order valence-corrected chi connectivity index (χ4v) is 2.63. The number of methoxy groups -OCH3 is 1. The Labute approximate surface area is 188 Å². The molecule has 1 saturated carbocycles. The predicted octanol–water partition coefficient (Wildman–Crippen LogP) is 4.46. The van der Waals surface area contributed by atoms with Crippen LogP contribution in [0.3, 0.4) is 0 Å². The number of aromatic carboxylic acids is 1. The number of carboxylic acids is 2. The predicted molar refractivity (Wildman–Crippen MR) is 122 cm³/mol. The van der Waals surface area contributed by atoms with Crippen LogP contribution in [0.15, 0.2) is 16.8 Å². The number of hydrogen-bond donors (Lipinski definition) is 4. The second kappa shape index (κ2) is 19.5. The van der Waals surface area contributed by atoms with E-state index in [2.05, 4.69) is 12.6 Å². The van der Waals surface area contributed by atoms with E-state index in [1.54, 1.807) is 30.9 Å². The van der Waals surface area contributed by atoms with Gasteiger partial charge in [-0.1, -0.05) is 33.6 Å². The highest BCUT2D eigenvalue weighted by Crippen LogP contribution is 2.23. The number of carboxylic acid groups (broad SMARTS) is 2. The number of aliphatic hydroxyl groups is 1. The normalized spacial score (nSPS) is 13.7. The van der Waals surface area contributed by atoms with Crippen LogP contribution in [-0.4, -0.2) is 52.7 Å². The highest BCUT2D eigenvalue weighted by Gasteiger charge is 2.12. The lowest BCUT2D eigenvalue weighted by Crippen LogP contribution is -2.11. The average Bonchev–Trinajstić information content (AvgIpc) is 3.41. The fraction of sp³-hybridized carbons (Fsp3) is 0.667. The van der Waals surface area contributed by atoms with E-state index in [0.29, 0.717) is 31.1 Å². The van der Waals surface area contributed by atoms with Crippen LogP contribution in [0.2, 0.25) is 0 Å². The molecular weight excluding hydrogens is 428 g/mol. The van der Waals surface area contributed by atoms with Gasteiger partial charge < -0.3 is 20.1 Å². The Kier molecular flexibility index (Phi) is 20.0. The number of aliphatic hydroxyl groups excluding tert-OH is 1. The molecule has 174 valence electrons. The number of thiophene rings is 1. The van der Waals surface area contributed by atoms with Crippen molar-refractivity contribution in [2.75, 3.05) is 20.3 Å². The zero-order valence-electron chi connectivity index (χ0n) is 18.2. The first-order chi connectivity index (χ1) is 14.1. The molecule has 9 heteroatoms. The standard InChI is InChI=1S/C6H12O3.C6H12O.C5H4O2S.C4H8OS/c1-5(6(7)8)3-4-9-2;7-5-6-3-1-2-4-6;6-5(7)4-1-2-8-3-4;1-3(2)4(5)6/h5H,3-4H2,1-2H3,(H,7,8);6-7H,1-5H2;1-3H,(H,6,7);3H,1-2H3,(H,5,6). The molecule has 0 radical (unpaired) electrons. The lowest BCUT2D eigenvalue weighted by molar-refractivity contribution is -0.141. The molecular formula is C21H36O7S2. The van der Waals surface area contributed by atoms with Crippen LogP contribution < -0.4 is 0 Å². The summed E-state index contributed by atoms with van der Waals surface area (Å²) in [5.41, 5.74) is 0.370. The molecule has 0 aromatic carbocycles. The van der Waals surface area contributed by atoms with Crippen molar-refractivity contribution >= 4 is 41.0 Å². The topological polar surface area (TPSA) is 121 Å². The maximum atomic E-state index is 10.1. The molecule has 0 aliphatic heterocycles. The second-order valence-corrected chi connectivity index (χ2v) is 8.38. The van der Waals surface area contributed by atoms with E-state index in [9.17, 15) is 14.4 Å². The summed E-state index contributed by atoms with van der Waals surface area (Å²) in [6.45, 7) is 6.24. The van der Waals surface area contributed by atoms with Crippen LogP contribution in [0.4, 0.5) is 0 Å². The highest BCUT2D eigenvalue weighted by molar-refractivity contribution is 7.96. The molecule has 0 spiro atoms. The molecule has 7 nitrogen and oxygen atoms in total. The molecule has 1 aromatic heterocycles. The number of rotatable bonds is 7. The minimum absolute atomic E-state index is 0.0463. The number of ether oxygens (including phenoxy) is 1. The van der Waals surface area contributed by atoms with Crippen molar-refractivity contribution in [1.82, 2.24) is 0 Å². The molecule has 2 rings (SSSR count). The van der Waals surface area contributed by atoms with E-state index >= 15 is 0 Å². The van der Waals surface area contributed by atoms with Crippen molar-refractivity contribution in [3.8, 4) is 0 Å². The van der Waals surface area contributed by atoms with Gasteiger partial charge in [0.2, 0.25) is 0 Å². The Hall–Kier alpha value is -1.42. The van der Waals surface area contributed by atoms with E-state index in [4.69, 9.17) is 20.1 Å². The van der Waals surface area contributed by atoms with Gasteiger partial charge in [0.1, 0.15) is 0 Å². The summed E-state index contributed by atoms with van der Waals surface area (Å²) in [5, 5.41) is 28.5. The third-order valence-corrected chi connectivity index (χ3v) is 5.37. The molecule has 1 unspecified atom stereocenters. The van der Waals surface area contributed by atoms with Gasteiger partial charge in [-0.15, -0.1) is 12.6 Å². The SMILES string of the molecule is CC(C)C(=O)S.COCCC(C)C(=O)O.O=C(O)c1ccsc1.OCC1CCCC1. The molecule has 3 N–H and O–H groups in total. The molecule has 1 aliphatic carbocycles. The van der Waals surface area contributed by atoms with Crippen LogP contribution >= 0.6 is 24.0 Å². The van der Waals surface area contributed by atoms with Gasteiger partial charge in [0, 0.05) is 31.6 Å². The summed E-state index contributed by atoms with van der Waals surface area (Å²) in [6.07, 6.45) is 5.79. The zero-order chi connectivity index (χ0) is 23.5. The molecule has 0 bridgehead atoms. The summed E-state index contributed by atoms with van der Waals surface area (Å²) in [5.74, 6) is -1.17. The average molecular weight is 465 g/mol. The van der Waals surface area contributed by atoms with Crippen molar-refractivity contribution < 1.29 is 34.4 Å². The molecule has 30 heavy (non-hydrogen) atoms. The minimum Gasteiger partial charge on any atom is -0.481 e. The van der Waals surface area contributed by atoms with E-state index in [0.717, 1.165) is 0 Å². The molecule has 1 heterocycles. The third-order valence-electron chi connectivity index (χ3n) is 4.17. The summed E-state index contributed by atoms with van der Waals surface area (Å²) in [6, 6.07) is 1.58. The maximum Gasteiger partial charge on any atom is 0.336 e. The lowest BCUT2D eigenvalue weighted by atomic mass is 10.1. The van der Waals surface area contributed by atoms with Crippen molar-refractivity contribution in [2.24, 2.45) is 17.8 Å². The summed E-state index contributed by atoms with van der Waals surface area (Å²) in [7, 11) is 1.56. The van der Waals surface area contributed by atoms with Crippen molar-refractivity contribution in [2.45, 2.75) is 52.9 Å². The largest absolute Gasteiger partial charge is 0.481 e. The monoisotopic (exact) mass is 464 g/mol. The molecule has 1 aliphatic rings. The first-order valence-electron chi connectivity index (χ1n) is 9.87. The van der Waals surface area contributed by atoms with Gasteiger partial charge >= 0.3 is 11.9 Å². The smallest absolute Gasteiger partial charge is 0.336 e. The van der Waals surface area contributed by atoms with Crippen molar-refractivity contribution in [3.05, 3.63) is 22.4 Å². The quantitative estimate of drug-likeness (QED) is 0.440. The van der Waals surface area contributed by atoms with Gasteiger partial charge in [-0.05, 0) is 36.6 Å². The van der Waals surface area contributed by atoms with Gasteiger partial charge in [-0.2, -0.15) is 11.3 Å². The number of carbonyl (C=O) groups excluding carboxylic acids is 1. The van der Waals surface area contributed by atoms with Crippen molar-refractivity contribution in [1.29, 1.82) is 0 Å². The molecule has 1 atom stereocenters. The van der Waals surface area contributed by atoms with Crippen LogP contribution in [-0.2, 0) is 14.3 Å². The lowest BCUT2D eigenvalue weighted by Gasteiger charge is -2.02. The Bertz CT molecular complexity index is 568. The molecule has 1 aromatic rings.